The molecule has 0 N–H and O–H groups in total. The Kier molecular flexibility index (Phi) is 4.87. The normalized spacial score (nSPS) is 18.0. The van der Waals surface area contributed by atoms with E-state index in [1.54, 1.807) is 30.3 Å². The maximum absolute atomic E-state index is 13.6. The highest BCUT2D eigenvalue weighted by Crippen LogP contribution is 2.43. The van der Waals surface area contributed by atoms with Gasteiger partial charge in [-0.2, -0.15) is 17.6 Å². The molecule has 1 saturated carbocycles. The summed E-state index contributed by atoms with van der Waals surface area (Å²) in [6, 6.07) is 7.98. The molecule has 0 atom stereocenters. The lowest BCUT2D eigenvalue weighted by Crippen LogP contribution is -2.59. The Hall–Kier alpha value is -2.12. The van der Waals surface area contributed by atoms with Gasteiger partial charge in [0.25, 0.3) is 0 Å². The molecule has 0 bridgehead atoms. The number of hydrogen-bond donors (Lipinski definition) is 0. The van der Waals surface area contributed by atoms with E-state index in [2.05, 4.69) is 0 Å². The Morgan fingerprint density at radius 1 is 0.958 bits per heavy atom. The highest BCUT2D eigenvalue weighted by Gasteiger charge is 2.65. The third-order valence-corrected chi connectivity index (χ3v) is 4.16. The number of halogens is 4. The van der Waals surface area contributed by atoms with E-state index in [-0.39, 0.29) is 12.8 Å². The van der Waals surface area contributed by atoms with Gasteiger partial charge in [0.15, 0.2) is 0 Å². The fraction of sp³-hybridized carbons (Fsp3) is 0.500. The van der Waals surface area contributed by atoms with E-state index in [4.69, 9.17) is 4.74 Å². The second kappa shape index (κ2) is 6.41. The molecule has 0 heterocycles. The molecule has 0 amide bonds. The average Bonchev–Trinajstić information content (AvgIpc) is 2.56. The van der Waals surface area contributed by atoms with Gasteiger partial charge in [0.1, 0.15) is 11.6 Å². The van der Waals surface area contributed by atoms with Crippen LogP contribution in [0.15, 0.2) is 30.3 Å². The second-order valence-electron chi connectivity index (χ2n) is 5.75. The van der Waals surface area contributed by atoms with Gasteiger partial charge in [-0.1, -0.05) is 36.8 Å². The van der Waals surface area contributed by atoms with E-state index >= 15 is 0 Å². The molecular formula is C16H15F4O4-. The number of carboxylic acids is 1. The maximum Gasteiger partial charge on any atom is 0.410 e. The summed E-state index contributed by atoms with van der Waals surface area (Å²) < 4.78 is 58.4. The summed E-state index contributed by atoms with van der Waals surface area (Å²) in [5.41, 5.74) is -1.06. The number of benzene rings is 1. The first-order chi connectivity index (χ1) is 11.1. The Bertz CT molecular complexity index is 610. The standard InChI is InChI=1S/C16H16F4O4/c17-15(18,12(21)22)16(19,20)13(23)24-14(9-5-2-6-10-14)11-7-3-1-4-8-11/h1,3-4,7-8H,2,5-6,9-10H2,(H,21,22)/p-1. The Labute approximate surface area is 135 Å². The van der Waals surface area contributed by atoms with Crippen LogP contribution in [0.1, 0.15) is 37.7 Å². The highest BCUT2D eigenvalue weighted by atomic mass is 19.3. The molecule has 0 saturated heterocycles. The number of aliphatic carboxylic acids is 1. The molecule has 0 spiro atoms. The van der Waals surface area contributed by atoms with Crippen molar-refractivity contribution in [2.45, 2.75) is 49.6 Å². The lowest BCUT2D eigenvalue weighted by molar-refractivity contribution is -0.347. The fourth-order valence-electron chi connectivity index (χ4n) is 2.81. The number of ether oxygens (including phenoxy) is 1. The molecule has 1 aromatic rings. The molecule has 8 heteroatoms. The van der Waals surface area contributed by atoms with Crippen LogP contribution in [0.4, 0.5) is 17.6 Å². The van der Waals surface area contributed by atoms with Crippen molar-refractivity contribution in [1.29, 1.82) is 0 Å². The van der Waals surface area contributed by atoms with E-state index < -0.39 is 29.4 Å². The van der Waals surface area contributed by atoms with Gasteiger partial charge in [0.05, 0.1) is 0 Å². The predicted octanol–water partition coefficient (Wildman–Crippen LogP) is 2.41. The monoisotopic (exact) mass is 347 g/mol. The predicted molar refractivity (Wildman–Crippen MR) is 72.2 cm³/mol. The minimum absolute atomic E-state index is 0.190. The molecule has 132 valence electrons. The number of carboxylic acid groups (broad SMARTS) is 1. The van der Waals surface area contributed by atoms with Crippen molar-refractivity contribution in [1.82, 2.24) is 0 Å². The number of rotatable bonds is 5. The van der Waals surface area contributed by atoms with Crippen molar-refractivity contribution in [3.8, 4) is 0 Å². The van der Waals surface area contributed by atoms with Crippen LogP contribution in [0.2, 0.25) is 0 Å². The van der Waals surface area contributed by atoms with Crippen molar-refractivity contribution < 1.29 is 37.0 Å². The van der Waals surface area contributed by atoms with Crippen LogP contribution < -0.4 is 5.11 Å². The molecule has 1 aromatic carbocycles. The number of carbonyl (C=O) groups is 2. The molecule has 0 unspecified atom stereocenters. The molecule has 0 aliphatic heterocycles. The number of alkyl halides is 4. The van der Waals surface area contributed by atoms with Gasteiger partial charge >= 0.3 is 17.8 Å². The number of hydrogen-bond acceptors (Lipinski definition) is 4. The van der Waals surface area contributed by atoms with Crippen LogP contribution in [0.25, 0.3) is 0 Å². The van der Waals surface area contributed by atoms with E-state index in [1.807, 2.05) is 0 Å². The number of esters is 1. The van der Waals surface area contributed by atoms with E-state index in [9.17, 15) is 32.3 Å². The summed E-state index contributed by atoms with van der Waals surface area (Å²) in [6.07, 6.45) is 2.29. The summed E-state index contributed by atoms with van der Waals surface area (Å²) in [6.45, 7) is 0. The minimum Gasteiger partial charge on any atom is -0.544 e. The molecule has 1 aliphatic rings. The Balaban J connectivity index is 2.34. The first-order valence-electron chi connectivity index (χ1n) is 7.39. The van der Waals surface area contributed by atoms with Crippen molar-refractivity contribution in [2.24, 2.45) is 0 Å². The SMILES string of the molecule is O=C([O-])C(F)(F)C(F)(F)C(=O)OC1(c2ccccc2)CCCCC1. The molecule has 1 fully saturated rings. The van der Waals surface area contributed by atoms with Crippen LogP contribution in [0, 0.1) is 0 Å². The van der Waals surface area contributed by atoms with E-state index in [0.717, 1.165) is 6.42 Å². The van der Waals surface area contributed by atoms with Crippen molar-refractivity contribution in [3.05, 3.63) is 35.9 Å². The zero-order chi connectivity index (χ0) is 18.0. The summed E-state index contributed by atoms with van der Waals surface area (Å²) in [4.78, 5) is 22.0. The van der Waals surface area contributed by atoms with Crippen LogP contribution >= 0.6 is 0 Å². The largest absolute Gasteiger partial charge is 0.544 e. The molecule has 0 aromatic heterocycles. The zero-order valence-corrected chi connectivity index (χ0v) is 12.6. The van der Waals surface area contributed by atoms with Gasteiger partial charge in [0.2, 0.25) is 0 Å². The van der Waals surface area contributed by atoms with Gasteiger partial charge in [-0.25, -0.2) is 4.79 Å². The molecule has 2 rings (SSSR count). The quantitative estimate of drug-likeness (QED) is 0.606. The van der Waals surface area contributed by atoms with E-state index in [0.29, 0.717) is 18.4 Å². The molecule has 24 heavy (non-hydrogen) atoms. The zero-order valence-electron chi connectivity index (χ0n) is 12.6. The summed E-state index contributed by atoms with van der Waals surface area (Å²) in [5, 5.41) is 10.3. The lowest BCUT2D eigenvalue weighted by Gasteiger charge is -2.38. The lowest BCUT2D eigenvalue weighted by atomic mass is 9.79. The van der Waals surface area contributed by atoms with Gasteiger partial charge in [-0.15, -0.1) is 0 Å². The van der Waals surface area contributed by atoms with Gasteiger partial charge in [0, 0.05) is 0 Å². The van der Waals surface area contributed by atoms with Gasteiger partial charge in [-0.05, 0) is 31.2 Å². The van der Waals surface area contributed by atoms with Crippen molar-refractivity contribution in [3.63, 3.8) is 0 Å². The van der Waals surface area contributed by atoms with Crippen molar-refractivity contribution in [2.75, 3.05) is 0 Å². The van der Waals surface area contributed by atoms with E-state index in [1.165, 1.54) is 0 Å². The van der Waals surface area contributed by atoms with Crippen LogP contribution in [0.5, 0.6) is 0 Å². The first-order valence-corrected chi connectivity index (χ1v) is 7.39. The first kappa shape index (κ1) is 18.2. The average molecular weight is 347 g/mol. The van der Waals surface area contributed by atoms with Gasteiger partial charge in [-0.3, -0.25) is 0 Å². The molecule has 1 aliphatic carbocycles. The van der Waals surface area contributed by atoms with Crippen LogP contribution in [-0.4, -0.2) is 23.8 Å². The second-order valence-corrected chi connectivity index (χ2v) is 5.75. The maximum atomic E-state index is 13.6. The summed E-state index contributed by atoms with van der Waals surface area (Å²) >= 11 is 0. The molecular weight excluding hydrogens is 332 g/mol. The molecule has 0 radical (unpaired) electrons. The van der Waals surface area contributed by atoms with Gasteiger partial charge < -0.3 is 14.6 Å². The minimum atomic E-state index is -5.66. The summed E-state index contributed by atoms with van der Waals surface area (Å²) in [5.74, 6) is -17.1. The van der Waals surface area contributed by atoms with Crippen LogP contribution in [0.3, 0.4) is 0 Å². The Morgan fingerprint density at radius 2 is 1.50 bits per heavy atom. The third kappa shape index (κ3) is 3.09. The molecule has 4 nitrogen and oxygen atoms in total. The third-order valence-electron chi connectivity index (χ3n) is 4.16. The number of carbonyl (C=O) groups excluding carboxylic acids is 2. The smallest absolute Gasteiger partial charge is 0.410 e. The van der Waals surface area contributed by atoms with Crippen LogP contribution in [-0.2, 0) is 19.9 Å². The highest BCUT2D eigenvalue weighted by molar-refractivity contribution is 5.88. The Morgan fingerprint density at radius 3 is 2.00 bits per heavy atom. The fourth-order valence-corrected chi connectivity index (χ4v) is 2.81. The topological polar surface area (TPSA) is 66.4 Å². The summed E-state index contributed by atoms with van der Waals surface area (Å²) in [7, 11) is 0. The van der Waals surface area contributed by atoms with Crippen molar-refractivity contribution >= 4 is 11.9 Å².